The summed E-state index contributed by atoms with van der Waals surface area (Å²) in [5.41, 5.74) is 6.20. The summed E-state index contributed by atoms with van der Waals surface area (Å²) in [6, 6.07) is 0. The zero-order valence-electron chi connectivity index (χ0n) is 8.46. The van der Waals surface area contributed by atoms with Gasteiger partial charge in [0.1, 0.15) is 6.61 Å². The van der Waals surface area contributed by atoms with E-state index in [1.807, 2.05) is 6.92 Å². The summed E-state index contributed by atoms with van der Waals surface area (Å²) in [6.45, 7) is 2.92. The molecule has 0 bridgehead atoms. The molecule has 0 aromatic rings. The normalized spacial score (nSPS) is 12.8. The molecule has 0 atom stereocenters. The van der Waals surface area contributed by atoms with Crippen molar-refractivity contribution >= 4 is 0 Å². The standard InChI is InChI=1S/C9H18N2O2/c1-8(10)4-5-9(11-2)13-7-6-12-3/h4-5,11H,6-7,10H2,1-3H3/b8-4+,9-5+. The van der Waals surface area contributed by atoms with Gasteiger partial charge in [-0.1, -0.05) is 0 Å². The first kappa shape index (κ1) is 11.8. The molecule has 0 aromatic heterocycles. The molecular weight excluding hydrogens is 168 g/mol. The van der Waals surface area contributed by atoms with E-state index in [-0.39, 0.29) is 0 Å². The number of hydrogen-bond donors (Lipinski definition) is 2. The molecule has 3 N–H and O–H groups in total. The van der Waals surface area contributed by atoms with Gasteiger partial charge in [-0.25, -0.2) is 0 Å². The minimum absolute atomic E-state index is 0.528. The van der Waals surface area contributed by atoms with Crippen LogP contribution in [0.2, 0.25) is 0 Å². The van der Waals surface area contributed by atoms with Gasteiger partial charge in [0.25, 0.3) is 0 Å². The van der Waals surface area contributed by atoms with Crippen molar-refractivity contribution in [3.05, 3.63) is 23.7 Å². The lowest BCUT2D eigenvalue weighted by Crippen LogP contribution is -2.12. The second-order valence-corrected chi connectivity index (χ2v) is 2.53. The second kappa shape index (κ2) is 7.49. The fraction of sp³-hybridized carbons (Fsp3) is 0.556. The van der Waals surface area contributed by atoms with Gasteiger partial charge < -0.3 is 20.5 Å². The largest absolute Gasteiger partial charge is 0.477 e. The van der Waals surface area contributed by atoms with Crippen LogP contribution >= 0.6 is 0 Å². The summed E-state index contributed by atoms with van der Waals surface area (Å²) < 4.78 is 10.1. The Morgan fingerprint density at radius 1 is 1.38 bits per heavy atom. The van der Waals surface area contributed by atoms with Gasteiger partial charge in [0.15, 0.2) is 5.88 Å². The van der Waals surface area contributed by atoms with E-state index in [1.165, 1.54) is 0 Å². The van der Waals surface area contributed by atoms with E-state index < -0.39 is 0 Å². The van der Waals surface area contributed by atoms with Gasteiger partial charge in [-0.15, -0.1) is 0 Å². The Labute approximate surface area is 79.4 Å². The fourth-order valence-electron chi connectivity index (χ4n) is 0.646. The molecule has 0 aliphatic rings. The molecule has 0 unspecified atom stereocenters. The van der Waals surface area contributed by atoms with Crippen LogP contribution in [0.25, 0.3) is 0 Å². The highest BCUT2D eigenvalue weighted by atomic mass is 16.5. The molecule has 0 amide bonds. The van der Waals surface area contributed by atoms with Crippen LogP contribution in [-0.4, -0.2) is 27.4 Å². The van der Waals surface area contributed by atoms with Crippen LogP contribution in [-0.2, 0) is 9.47 Å². The number of hydrogen-bond acceptors (Lipinski definition) is 4. The first-order chi connectivity index (χ1) is 6.20. The van der Waals surface area contributed by atoms with E-state index in [2.05, 4.69) is 5.32 Å². The smallest absolute Gasteiger partial charge is 0.186 e. The Morgan fingerprint density at radius 2 is 2.08 bits per heavy atom. The Morgan fingerprint density at radius 3 is 2.54 bits per heavy atom. The van der Waals surface area contributed by atoms with E-state index >= 15 is 0 Å². The van der Waals surface area contributed by atoms with E-state index in [0.717, 1.165) is 5.70 Å². The van der Waals surface area contributed by atoms with Crippen molar-refractivity contribution in [2.75, 3.05) is 27.4 Å². The molecule has 0 saturated carbocycles. The molecule has 0 saturated heterocycles. The van der Waals surface area contributed by atoms with Gasteiger partial charge >= 0.3 is 0 Å². The molecule has 0 rings (SSSR count). The third kappa shape index (κ3) is 7.21. The molecule has 76 valence electrons. The molecule has 0 heterocycles. The highest BCUT2D eigenvalue weighted by Gasteiger charge is 1.91. The number of ether oxygens (including phenoxy) is 2. The lowest BCUT2D eigenvalue weighted by atomic mass is 10.4. The third-order valence-corrected chi connectivity index (χ3v) is 1.29. The number of methoxy groups -OCH3 is 1. The lowest BCUT2D eigenvalue weighted by molar-refractivity contribution is 0.103. The summed E-state index contributed by atoms with van der Waals surface area (Å²) in [5, 5.41) is 2.90. The van der Waals surface area contributed by atoms with Crippen LogP contribution in [0, 0.1) is 0 Å². The van der Waals surface area contributed by atoms with Crippen molar-refractivity contribution in [1.82, 2.24) is 5.32 Å². The predicted molar refractivity (Wildman–Crippen MR) is 52.9 cm³/mol. The molecular formula is C9H18N2O2. The second-order valence-electron chi connectivity index (χ2n) is 2.53. The summed E-state index contributed by atoms with van der Waals surface area (Å²) in [7, 11) is 3.42. The van der Waals surface area contributed by atoms with Crippen molar-refractivity contribution < 1.29 is 9.47 Å². The van der Waals surface area contributed by atoms with E-state index in [9.17, 15) is 0 Å². The van der Waals surface area contributed by atoms with Crippen LogP contribution < -0.4 is 11.1 Å². The van der Waals surface area contributed by atoms with E-state index in [1.54, 1.807) is 26.3 Å². The Balaban J connectivity index is 3.87. The number of rotatable bonds is 6. The Kier molecular flexibility index (Phi) is 6.82. The molecule has 4 heteroatoms. The monoisotopic (exact) mass is 186 g/mol. The number of nitrogens with two attached hydrogens (primary N) is 1. The van der Waals surface area contributed by atoms with E-state index in [4.69, 9.17) is 15.2 Å². The average molecular weight is 186 g/mol. The molecule has 13 heavy (non-hydrogen) atoms. The van der Waals surface area contributed by atoms with Crippen LogP contribution in [0.4, 0.5) is 0 Å². The third-order valence-electron chi connectivity index (χ3n) is 1.29. The average Bonchev–Trinajstić information content (AvgIpc) is 2.10. The Bertz CT molecular complexity index is 184. The van der Waals surface area contributed by atoms with Crippen molar-refractivity contribution in [2.24, 2.45) is 5.73 Å². The minimum Gasteiger partial charge on any atom is -0.477 e. The van der Waals surface area contributed by atoms with Gasteiger partial charge in [0.05, 0.1) is 6.61 Å². The van der Waals surface area contributed by atoms with Gasteiger partial charge in [-0.3, -0.25) is 0 Å². The lowest BCUT2D eigenvalue weighted by Gasteiger charge is -2.08. The Hall–Kier alpha value is -1.16. The minimum atomic E-state index is 0.528. The quantitative estimate of drug-likeness (QED) is 0.362. The van der Waals surface area contributed by atoms with Crippen molar-refractivity contribution in [3.8, 4) is 0 Å². The maximum absolute atomic E-state index is 5.46. The van der Waals surface area contributed by atoms with Crippen LogP contribution in [0.5, 0.6) is 0 Å². The molecule has 0 radical (unpaired) electrons. The van der Waals surface area contributed by atoms with Crippen molar-refractivity contribution in [1.29, 1.82) is 0 Å². The zero-order valence-corrected chi connectivity index (χ0v) is 8.46. The molecule has 0 aliphatic carbocycles. The molecule has 0 aromatic carbocycles. The number of nitrogens with one attached hydrogen (secondary N) is 1. The maximum Gasteiger partial charge on any atom is 0.186 e. The maximum atomic E-state index is 5.46. The zero-order chi connectivity index (χ0) is 10.1. The summed E-state index contributed by atoms with van der Waals surface area (Å²) in [4.78, 5) is 0. The van der Waals surface area contributed by atoms with Gasteiger partial charge in [-0.05, 0) is 19.1 Å². The van der Waals surface area contributed by atoms with Gasteiger partial charge in [0.2, 0.25) is 0 Å². The molecule has 0 aliphatic heterocycles. The molecule has 4 nitrogen and oxygen atoms in total. The highest BCUT2D eigenvalue weighted by molar-refractivity contribution is 5.10. The van der Waals surface area contributed by atoms with Crippen molar-refractivity contribution in [3.63, 3.8) is 0 Å². The number of allylic oxidation sites excluding steroid dienone is 3. The SMILES string of the molecule is CN/C(=C\C=C(/C)N)OCCOC. The molecule has 0 fully saturated rings. The summed E-state index contributed by atoms with van der Waals surface area (Å²) in [6.07, 6.45) is 3.56. The van der Waals surface area contributed by atoms with Crippen LogP contribution in [0.3, 0.4) is 0 Å². The first-order valence-electron chi connectivity index (χ1n) is 4.14. The van der Waals surface area contributed by atoms with Crippen LogP contribution in [0.15, 0.2) is 23.7 Å². The van der Waals surface area contributed by atoms with Gasteiger partial charge in [-0.2, -0.15) is 0 Å². The topological polar surface area (TPSA) is 56.5 Å². The summed E-state index contributed by atoms with van der Waals surface area (Å²) >= 11 is 0. The van der Waals surface area contributed by atoms with Gasteiger partial charge in [0, 0.05) is 19.9 Å². The van der Waals surface area contributed by atoms with Crippen molar-refractivity contribution in [2.45, 2.75) is 6.92 Å². The summed E-state index contributed by atoms with van der Waals surface area (Å²) in [5.74, 6) is 0.682. The predicted octanol–water partition coefficient (Wildman–Crippen LogP) is 0.573. The van der Waals surface area contributed by atoms with Crippen LogP contribution in [0.1, 0.15) is 6.92 Å². The first-order valence-corrected chi connectivity index (χ1v) is 4.14. The fourth-order valence-corrected chi connectivity index (χ4v) is 0.646. The van der Waals surface area contributed by atoms with E-state index in [0.29, 0.717) is 19.1 Å². The highest BCUT2D eigenvalue weighted by Crippen LogP contribution is 1.93. The molecule has 0 spiro atoms.